The molecule has 0 saturated carbocycles. The summed E-state index contributed by atoms with van der Waals surface area (Å²) in [4.78, 5) is 0. The molecule has 0 bridgehead atoms. The summed E-state index contributed by atoms with van der Waals surface area (Å²) in [5.41, 5.74) is 2.92. The minimum absolute atomic E-state index is 0.400. The molecule has 0 aliphatic rings. The third kappa shape index (κ3) is 2.27. The summed E-state index contributed by atoms with van der Waals surface area (Å²) in [7, 11) is 0. The zero-order chi connectivity index (χ0) is 18.3. The van der Waals surface area contributed by atoms with E-state index in [0.29, 0.717) is 17.1 Å². The van der Waals surface area contributed by atoms with Gasteiger partial charge in [-0.1, -0.05) is 25.1 Å². The van der Waals surface area contributed by atoms with Crippen molar-refractivity contribution >= 4 is 10.9 Å². The van der Waals surface area contributed by atoms with Gasteiger partial charge in [0.05, 0.1) is 11.2 Å². The average molecular weight is 345 g/mol. The highest BCUT2D eigenvalue weighted by molar-refractivity contribution is 5.92. The monoisotopic (exact) mass is 345 g/mol. The molecule has 0 aliphatic heterocycles. The lowest BCUT2D eigenvalue weighted by atomic mass is 10.2. The Morgan fingerprint density at radius 1 is 1.12 bits per heavy atom. The van der Waals surface area contributed by atoms with Crippen LogP contribution in [0.1, 0.15) is 18.2 Å². The van der Waals surface area contributed by atoms with Gasteiger partial charge >= 0.3 is 0 Å². The maximum atomic E-state index is 14.0. The molecule has 5 heteroatoms. The zero-order valence-corrected chi connectivity index (χ0v) is 14.1. The Kier molecular flexibility index (Phi) is 3.74. The molecule has 2 aromatic heterocycles. The van der Waals surface area contributed by atoms with Crippen LogP contribution in [0.3, 0.4) is 0 Å². The van der Waals surface area contributed by atoms with Crippen molar-refractivity contribution in [3.05, 3.63) is 77.9 Å². The van der Waals surface area contributed by atoms with Crippen molar-refractivity contribution in [1.29, 1.82) is 5.26 Å². The van der Waals surface area contributed by atoms with Crippen molar-refractivity contribution in [2.24, 2.45) is 0 Å². The zero-order valence-electron chi connectivity index (χ0n) is 14.1. The van der Waals surface area contributed by atoms with Crippen molar-refractivity contribution < 1.29 is 9.50 Å². The first-order chi connectivity index (χ1) is 12.7. The quantitative estimate of drug-likeness (QED) is 0.585. The molecule has 26 heavy (non-hydrogen) atoms. The van der Waals surface area contributed by atoms with E-state index < -0.39 is 11.6 Å². The van der Waals surface area contributed by atoms with Crippen LogP contribution < -0.4 is 0 Å². The molecule has 0 amide bonds. The van der Waals surface area contributed by atoms with Gasteiger partial charge in [0.1, 0.15) is 17.5 Å². The third-order valence-electron chi connectivity index (χ3n) is 4.57. The highest BCUT2D eigenvalue weighted by Crippen LogP contribution is 2.33. The first-order valence-corrected chi connectivity index (χ1v) is 8.34. The number of nitriles is 1. The molecule has 1 N–H and O–H groups in total. The van der Waals surface area contributed by atoms with Crippen molar-refractivity contribution in [3.8, 4) is 23.3 Å². The molecule has 0 aliphatic carbocycles. The summed E-state index contributed by atoms with van der Waals surface area (Å²) < 4.78 is 17.9. The van der Waals surface area contributed by atoms with Crippen LogP contribution in [0.2, 0.25) is 0 Å². The fourth-order valence-corrected chi connectivity index (χ4v) is 3.37. The van der Waals surface area contributed by atoms with Crippen LogP contribution in [0, 0.1) is 17.1 Å². The highest BCUT2D eigenvalue weighted by atomic mass is 19.1. The number of halogens is 1. The van der Waals surface area contributed by atoms with Gasteiger partial charge in [-0.2, -0.15) is 5.26 Å². The lowest BCUT2D eigenvalue weighted by Gasteiger charge is -2.15. The number of aromatic hydroxyl groups is 1. The molecular weight excluding hydrogens is 329 g/mol. The van der Waals surface area contributed by atoms with E-state index in [1.54, 1.807) is 6.07 Å². The first-order valence-electron chi connectivity index (χ1n) is 8.34. The maximum absolute atomic E-state index is 14.0. The number of fused-ring (bicyclic) bond motifs is 1. The molecule has 0 radical (unpaired) electrons. The third-order valence-corrected chi connectivity index (χ3v) is 4.57. The van der Waals surface area contributed by atoms with Crippen molar-refractivity contribution in [1.82, 2.24) is 9.13 Å². The van der Waals surface area contributed by atoms with Gasteiger partial charge in [0.25, 0.3) is 0 Å². The maximum Gasteiger partial charge on any atom is 0.166 e. The second-order valence-electron chi connectivity index (χ2n) is 6.02. The van der Waals surface area contributed by atoms with Gasteiger partial charge < -0.3 is 9.67 Å². The van der Waals surface area contributed by atoms with Crippen LogP contribution >= 0.6 is 0 Å². The van der Waals surface area contributed by atoms with E-state index in [0.717, 1.165) is 23.0 Å². The van der Waals surface area contributed by atoms with E-state index in [1.165, 1.54) is 12.1 Å². The number of aromatic nitrogens is 2. The Labute approximate surface area is 150 Å². The number of phenolic OH excluding ortho intramolecular Hbond substituents is 1. The Bertz CT molecular complexity index is 1160. The second kappa shape index (κ2) is 6.08. The number of para-hydroxylation sites is 1. The molecule has 4 rings (SSSR count). The van der Waals surface area contributed by atoms with Crippen LogP contribution in [0.5, 0.6) is 5.75 Å². The van der Waals surface area contributed by atoms with E-state index in [2.05, 4.69) is 6.07 Å². The molecule has 2 heterocycles. The van der Waals surface area contributed by atoms with E-state index in [-0.39, 0.29) is 0 Å². The number of aryl methyl sites for hydroxylation is 1. The fraction of sp³-hybridized carbons (Fsp3) is 0.0952. The van der Waals surface area contributed by atoms with Crippen LogP contribution in [0.4, 0.5) is 4.39 Å². The summed E-state index contributed by atoms with van der Waals surface area (Å²) >= 11 is 0. The summed E-state index contributed by atoms with van der Waals surface area (Å²) in [5, 5.41) is 20.2. The van der Waals surface area contributed by atoms with Crippen LogP contribution in [-0.2, 0) is 6.42 Å². The number of hydrogen-bond acceptors (Lipinski definition) is 2. The van der Waals surface area contributed by atoms with Crippen LogP contribution in [0.25, 0.3) is 22.4 Å². The van der Waals surface area contributed by atoms with E-state index in [1.807, 2.05) is 58.7 Å². The number of hydrogen-bond donors (Lipinski definition) is 1. The van der Waals surface area contributed by atoms with Gasteiger partial charge in [0.15, 0.2) is 11.6 Å². The standard InChI is InChI=1S/C21H16FN3O/c1-2-14-6-5-11-24(14)21-17(13-23)16-7-3-4-8-19(16)25(21)15-9-10-20(26)18(22)12-15/h3-12,26H,2H2,1H3. The van der Waals surface area contributed by atoms with Gasteiger partial charge in [0.2, 0.25) is 0 Å². The Morgan fingerprint density at radius 3 is 2.65 bits per heavy atom. The molecule has 2 aromatic carbocycles. The van der Waals surface area contributed by atoms with Gasteiger partial charge in [-0.05, 0) is 36.8 Å². The minimum atomic E-state index is -0.701. The Balaban J connectivity index is 2.16. The topological polar surface area (TPSA) is 53.9 Å². The summed E-state index contributed by atoms with van der Waals surface area (Å²) in [6.07, 6.45) is 2.70. The van der Waals surface area contributed by atoms with Crippen molar-refractivity contribution in [2.45, 2.75) is 13.3 Å². The summed E-state index contributed by atoms with van der Waals surface area (Å²) in [6.45, 7) is 2.05. The van der Waals surface area contributed by atoms with Gasteiger partial charge in [-0.15, -0.1) is 0 Å². The largest absolute Gasteiger partial charge is 0.505 e. The SMILES string of the molecule is CCc1cccn1-c1c(C#N)c2ccccc2n1-c1ccc(O)c(F)c1. The Hall–Kier alpha value is -3.52. The second-order valence-corrected chi connectivity index (χ2v) is 6.02. The van der Waals surface area contributed by atoms with Crippen molar-refractivity contribution in [2.75, 3.05) is 0 Å². The van der Waals surface area contributed by atoms with E-state index in [9.17, 15) is 14.8 Å². The van der Waals surface area contributed by atoms with Crippen LogP contribution in [0.15, 0.2) is 60.8 Å². The average Bonchev–Trinajstić information content (AvgIpc) is 3.25. The lowest BCUT2D eigenvalue weighted by Crippen LogP contribution is -2.07. The number of rotatable bonds is 3. The predicted octanol–water partition coefficient (Wildman–Crippen LogP) is 4.70. The smallest absolute Gasteiger partial charge is 0.166 e. The number of benzene rings is 2. The summed E-state index contributed by atoms with van der Waals surface area (Å²) in [5.74, 6) is -0.434. The van der Waals surface area contributed by atoms with Gasteiger partial charge in [-0.3, -0.25) is 4.57 Å². The summed E-state index contributed by atoms with van der Waals surface area (Å²) in [6, 6.07) is 18.0. The Morgan fingerprint density at radius 2 is 1.92 bits per heavy atom. The normalized spacial score (nSPS) is 11.0. The number of nitrogens with zero attached hydrogens (tertiary/aromatic N) is 3. The first kappa shape index (κ1) is 16.0. The van der Waals surface area contributed by atoms with Crippen LogP contribution in [-0.4, -0.2) is 14.2 Å². The van der Waals surface area contributed by atoms with Gasteiger partial charge in [-0.25, -0.2) is 4.39 Å². The van der Waals surface area contributed by atoms with E-state index >= 15 is 0 Å². The predicted molar refractivity (Wildman–Crippen MR) is 98.3 cm³/mol. The molecule has 0 spiro atoms. The molecule has 4 aromatic rings. The molecule has 0 atom stereocenters. The molecule has 128 valence electrons. The van der Waals surface area contributed by atoms with Crippen molar-refractivity contribution in [3.63, 3.8) is 0 Å². The molecule has 0 fully saturated rings. The van der Waals surface area contributed by atoms with Gasteiger partial charge in [0, 0.05) is 23.3 Å². The molecule has 0 unspecified atom stereocenters. The highest BCUT2D eigenvalue weighted by Gasteiger charge is 2.21. The lowest BCUT2D eigenvalue weighted by molar-refractivity contribution is 0.432. The number of phenols is 1. The molecular formula is C21H16FN3O. The fourth-order valence-electron chi connectivity index (χ4n) is 3.37. The van der Waals surface area contributed by atoms with E-state index in [4.69, 9.17) is 0 Å². The minimum Gasteiger partial charge on any atom is -0.505 e. The molecule has 4 nitrogen and oxygen atoms in total. The molecule has 0 saturated heterocycles.